The van der Waals surface area contributed by atoms with E-state index in [4.69, 9.17) is 13.6 Å². The highest BCUT2D eigenvalue weighted by atomic mass is 31.2. The van der Waals surface area contributed by atoms with Crippen LogP contribution in [-0.4, -0.2) is 5.11 Å². The van der Waals surface area contributed by atoms with E-state index in [-0.39, 0.29) is 14.5 Å². The molecule has 0 bridgehead atoms. The van der Waals surface area contributed by atoms with Gasteiger partial charge in [-0.1, -0.05) is 158 Å². The highest BCUT2D eigenvalue weighted by molar-refractivity contribution is 7.80. The van der Waals surface area contributed by atoms with Gasteiger partial charge in [-0.15, -0.1) is 0 Å². The van der Waals surface area contributed by atoms with Crippen LogP contribution in [0.15, 0.2) is 218 Å². The minimum atomic E-state index is -1.49. The lowest BCUT2D eigenvalue weighted by atomic mass is 10.0. The van der Waals surface area contributed by atoms with Crippen molar-refractivity contribution in [1.82, 2.24) is 0 Å². The van der Waals surface area contributed by atoms with Gasteiger partial charge in [-0.3, -0.25) is 8.88 Å². The van der Waals surface area contributed by atoms with Crippen molar-refractivity contribution >= 4 is 66.2 Å². The van der Waals surface area contributed by atoms with E-state index in [1.807, 2.05) is 42.5 Å². The SMILES string of the molecule is Oc1ccccc1-c1ccccc1PN(c1cccc(N(P2Oc3ccccc3-c3ccccc32)P2Oc3ccccc3-c3ccccc32)c1)P1Oc2ccccc2-c2ccccc21. The summed E-state index contributed by atoms with van der Waals surface area (Å²) in [5.74, 6) is 2.81. The maximum atomic E-state index is 11.2. The highest BCUT2D eigenvalue weighted by Crippen LogP contribution is 2.65. The van der Waals surface area contributed by atoms with Crippen LogP contribution >= 0.6 is 33.6 Å². The first-order valence-corrected chi connectivity index (χ1v) is 25.6. The molecule has 0 spiro atoms. The molecule has 6 nitrogen and oxygen atoms in total. The van der Waals surface area contributed by atoms with Crippen LogP contribution in [0.1, 0.15) is 0 Å². The largest absolute Gasteiger partial charge is 0.507 e. The van der Waals surface area contributed by atoms with Crippen LogP contribution in [0, 0.1) is 0 Å². The molecule has 1 N–H and O–H groups in total. The van der Waals surface area contributed by atoms with Crippen LogP contribution in [0.5, 0.6) is 23.0 Å². The molecule has 0 fully saturated rings. The molecule has 0 aromatic heterocycles. The molecule has 10 heteroatoms. The molecule has 9 aromatic carbocycles. The molecule has 0 radical (unpaired) electrons. The maximum Gasteiger partial charge on any atom is 0.232 e. The quantitative estimate of drug-likeness (QED) is 0.153. The molecule has 0 aliphatic carbocycles. The second-order valence-electron chi connectivity index (χ2n) is 15.4. The van der Waals surface area contributed by atoms with Crippen molar-refractivity contribution in [3.05, 3.63) is 218 Å². The van der Waals surface area contributed by atoms with Gasteiger partial charge in [0, 0.05) is 57.9 Å². The molecule has 4 unspecified atom stereocenters. The average Bonchev–Trinajstić information content (AvgIpc) is 3.36. The standard InChI is InChI=1S/C54H38N2O4P4/c57-47-28-9-1-20-39(47)43-24-5-13-32-51(43)61-55(62-52-33-14-6-25-44(52)40-21-2-10-29-48(40)58-62)37-18-17-19-38(36-37)56(63-53-34-15-7-26-45(53)41-22-3-11-30-49(41)59-63)64-54-35-16-8-27-46(54)42-23-4-12-31-50(42)60-64/h1-36,57,61H. The van der Waals surface area contributed by atoms with Gasteiger partial charge in [-0.2, -0.15) is 0 Å². The molecular weight excluding hydrogens is 864 g/mol. The van der Waals surface area contributed by atoms with Gasteiger partial charge in [0.2, 0.25) is 24.9 Å². The van der Waals surface area contributed by atoms with Gasteiger partial charge in [-0.05, 0) is 82.9 Å². The van der Waals surface area contributed by atoms with Gasteiger partial charge in [0.05, 0.1) is 5.69 Å². The Hall–Kier alpha value is -6.50. The molecule has 0 saturated heterocycles. The molecule has 3 aliphatic heterocycles. The Morgan fingerprint density at radius 1 is 0.344 bits per heavy atom. The van der Waals surface area contributed by atoms with Crippen LogP contribution in [0.2, 0.25) is 0 Å². The Bertz CT molecular complexity index is 3140. The topological polar surface area (TPSA) is 54.4 Å². The van der Waals surface area contributed by atoms with E-state index in [0.717, 1.165) is 88.8 Å². The molecule has 3 heterocycles. The first-order chi connectivity index (χ1) is 31.7. The predicted octanol–water partition coefficient (Wildman–Crippen LogP) is 13.7. The van der Waals surface area contributed by atoms with Crippen molar-refractivity contribution < 1.29 is 18.7 Å². The van der Waals surface area contributed by atoms with Crippen molar-refractivity contribution in [2.45, 2.75) is 0 Å². The molecule has 64 heavy (non-hydrogen) atoms. The van der Waals surface area contributed by atoms with Crippen LogP contribution < -0.4 is 43.7 Å². The number of rotatable bonds is 8. The van der Waals surface area contributed by atoms with Crippen LogP contribution in [0.25, 0.3) is 44.5 Å². The fourth-order valence-electron chi connectivity index (χ4n) is 8.65. The number of phenols is 1. The second-order valence-corrected chi connectivity index (χ2v) is 22.2. The lowest BCUT2D eigenvalue weighted by Gasteiger charge is -2.42. The van der Waals surface area contributed by atoms with E-state index in [0.29, 0.717) is 0 Å². The Morgan fingerprint density at radius 3 is 1.27 bits per heavy atom. The second kappa shape index (κ2) is 16.6. The maximum absolute atomic E-state index is 11.2. The summed E-state index contributed by atoms with van der Waals surface area (Å²) >= 11 is 0. The fourth-order valence-corrected chi connectivity index (χ4v) is 17.2. The van der Waals surface area contributed by atoms with E-state index in [9.17, 15) is 5.11 Å². The first kappa shape index (κ1) is 39.1. The van der Waals surface area contributed by atoms with Gasteiger partial charge < -0.3 is 18.7 Å². The summed E-state index contributed by atoms with van der Waals surface area (Å²) in [6.07, 6.45) is 0. The van der Waals surface area contributed by atoms with Crippen molar-refractivity contribution in [1.29, 1.82) is 0 Å². The summed E-state index contributed by atoms with van der Waals surface area (Å²) in [7, 11) is -4.29. The normalized spacial score (nSPS) is 16.3. The summed E-state index contributed by atoms with van der Waals surface area (Å²) < 4.78 is 26.6. The molecule has 3 aliphatic rings. The van der Waals surface area contributed by atoms with E-state index in [1.165, 1.54) is 5.56 Å². The Labute approximate surface area is 377 Å². The minimum Gasteiger partial charge on any atom is -0.507 e. The molecule has 4 atom stereocenters. The lowest BCUT2D eigenvalue weighted by Crippen LogP contribution is -2.31. The Balaban J connectivity index is 1.06. The molecule has 308 valence electrons. The Morgan fingerprint density at radius 2 is 0.734 bits per heavy atom. The number of anilines is 2. The van der Waals surface area contributed by atoms with Crippen LogP contribution in [-0.2, 0) is 0 Å². The van der Waals surface area contributed by atoms with E-state index in [2.05, 4.69) is 179 Å². The first-order valence-electron chi connectivity index (χ1n) is 21.0. The van der Waals surface area contributed by atoms with Crippen molar-refractivity contribution in [2.75, 3.05) is 8.88 Å². The summed E-state index contributed by atoms with van der Waals surface area (Å²) in [5, 5.41) is 15.7. The van der Waals surface area contributed by atoms with E-state index in [1.54, 1.807) is 6.07 Å². The minimum absolute atomic E-state index is 0.125. The third-order valence-corrected chi connectivity index (χ3v) is 19.8. The summed E-state index contributed by atoms with van der Waals surface area (Å²) in [5.41, 5.74) is 10.5. The lowest BCUT2D eigenvalue weighted by molar-refractivity contribution is 0.477. The van der Waals surface area contributed by atoms with Crippen LogP contribution in [0.3, 0.4) is 0 Å². The number of para-hydroxylation sites is 4. The predicted molar refractivity (Wildman–Crippen MR) is 270 cm³/mol. The third-order valence-electron chi connectivity index (χ3n) is 11.6. The zero-order valence-electron chi connectivity index (χ0n) is 34.2. The average molecular weight is 903 g/mol. The van der Waals surface area contributed by atoms with Crippen molar-refractivity contribution in [3.8, 4) is 67.5 Å². The number of benzene rings is 9. The Kier molecular flexibility index (Phi) is 10.1. The molecular formula is C54H38N2O4P4. The third kappa shape index (κ3) is 6.82. The van der Waals surface area contributed by atoms with Crippen molar-refractivity contribution in [2.24, 2.45) is 0 Å². The van der Waals surface area contributed by atoms with Gasteiger partial charge >= 0.3 is 0 Å². The van der Waals surface area contributed by atoms with Crippen molar-refractivity contribution in [3.63, 3.8) is 0 Å². The summed E-state index contributed by atoms with van der Waals surface area (Å²) in [4.78, 5) is 0. The monoisotopic (exact) mass is 902 g/mol. The molecule has 9 aromatic rings. The highest BCUT2D eigenvalue weighted by Gasteiger charge is 2.42. The zero-order valence-corrected chi connectivity index (χ0v) is 37.9. The number of fused-ring (bicyclic) bond motifs is 9. The number of phenolic OH excluding ortho intramolecular Hbond substituents is 1. The van der Waals surface area contributed by atoms with Gasteiger partial charge in [0.15, 0.2) is 0 Å². The summed E-state index contributed by atoms with van der Waals surface area (Å²) in [6, 6.07) is 75.8. The summed E-state index contributed by atoms with van der Waals surface area (Å²) in [6.45, 7) is 0. The number of hydrogen-bond acceptors (Lipinski definition) is 6. The van der Waals surface area contributed by atoms with Gasteiger partial charge in [0.1, 0.15) is 23.0 Å². The number of hydrogen-bond donors (Lipinski definition) is 1. The number of nitrogens with zero attached hydrogens (tertiary/aromatic N) is 2. The smallest absolute Gasteiger partial charge is 0.232 e. The molecule has 0 amide bonds. The van der Waals surface area contributed by atoms with E-state index < -0.39 is 24.9 Å². The molecule has 0 saturated carbocycles. The van der Waals surface area contributed by atoms with E-state index >= 15 is 0 Å². The number of aromatic hydroxyl groups is 1. The van der Waals surface area contributed by atoms with Gasteiger partial charge in [-0.25, -0.2) is 0 Å². The zero-order chi connectivity index (χ0) is 42.6. The van der Waals surface area contributed by atoms with Crippen LogP contribution in [0.4, 0.5) is 11.4 Å². The van der Waals surface area contributed by atoms with Gasteiger partial charge in [0.25, 0.3) is 0 Å². The fraction of sp³-hybridized carbons (Fsp3) is 0. The molecule has 12 rings (SSSR count).